The Morgan fingerprint density at radius 2 is 1.53 bits per heavy atom. The molecule has 0 heterocycles. The predicted octanol–water partition coefficient (Wildman–Crippen LogP) is 2.47. The Morgan fingerprint density at radius 3 is 1.93 bits per heavy atom. The van der Waals surface area contributed by atoms with Crippen molar-refractivity contribution in [1.29, 1.82) is 0 Å². The Morgan fingerprint density at radius 1 is 1.00 bits per heavy atom. The van der Waals surface area contributed by atoms with E-state index in [1.807, 2.05) is 0 Å². The molecule has 0 aromatic heterocycles. The van der Waals surface area contributed by atoms with Crippen molar-refractivity contribution in [3.05, 3.63) is 0 Å². The first-order chi connectivity index (χ1) is 7.10. The van der Waals surface area contributed by atoms with Crippen LogP contribution in [0.25, 0.3) is 0 Å². The molecule has 0 atom stereocenters. The largest absolute Gasteiger partial charge is 0.398 e. The maximum Gasteiger partial charge on any atom is 0.337 e. The van der Waals surface area contributed by atoms with Gasteiger partial charge in [-0.05, 0) is 39.1 Å². The van der Waals surface area contributed by atoms with E-state index in [9.17, 15) is 0 Å². The number of hydrogen-bond acceptors (Lipinski definition) is 3. The number of rotatable bonds is 9. The summed E-state index contributed by atoms with van der Waals surface area (Å²) >= 11 is 0. The van der Waals surface area contributed by atoms with E-state index < -0.39 is 8.56 Å². The van der Waals surface area contributed by atoms with Gasteiger partial charge in [-0.1, -0.05) is 19.8 Å². The molecule has 0 aromatic rings. The Labute approximate surface area is 96.0 Å². The van der Waals surface area contributed by atoms with E-state index in [-0.39, 0.29) is 0 Å². The summed E-state index contributed by atoms with van der Waals surface area (Å²) in [5.41, 5.74) is 0. The third-order valence-corrected chi connectivity index (χ3v) is 6.54. The fraction of sp³-hybridized carbons (Fsp3) is 1.00. The molecule has 0 N–H and O–H groups in total. The molecule has 0 fully saturated rings. The first-order valence-electron chi connectivity index (χ1n) is 5.85. The van der Waals surface area contributed by atoms with Gasteiger partial charge in [0, 0.05) is 14.2 Å². The monoisotopic (exact) mass is 233 g/mol. The lowest BCUT2D eigenvalue weighted by Crippen LogP contribution is -2.40. The molecule has 0 rings (SSSR count). The van der Waals surface area contributed by atoms with Gasteiger partial charge in [0.2, 0.25) is 0 Å². The van der Waals surface area contributed by atoms with E-state index in [4.69, 9.17) is 8.85 Å². The summed E-state index contributed by atoms with van der Waals surface area (Å²) in [5.74, 6) is 0. The highest BCUT2D eigenvalue weighted by Gasteiger charge is 2.33. The topological polar surface area (TPSA) is 21.7 Å². The third-order valence-electron chi connectivity index (χ3n) is 2.82. The predicted molar refractivity (Wildman–Crippen MR) is 67.5 cm³/mol. The van der Waals surface area contributed by atoms with Crippen molar-refractivity contribution in [3.8, 4) is 0 Å². The van der Waals surface area contributed by atoms with Gasteiger partial charge < -0.3 is 13.8 Å². The molecule has 0 saturated carbocycles. The first-order valence-corrected chi connectivity index (χ1v) is 8.08. The zero-order valence-corrected chi connectivity index (χ0v) is 12.0. The average Bonchev–Trinajstić information content (AvgIpc) is 2.23. The second-order valence-corrected chi connectivity index (χ2v) is 7.97. The summed E-state index contributed by atoms with van der Waals surface area (Å²) in [6, 6.07) is 2.24. The van der Waals surface area contributed by atoms with E-state index in [0.717, 1.165) is 18.6 Å². The van der Waals surface area contributed by atoms with Crippen molar-refractivity contribution in [2.24, 2.45) is 0 Å². The number of unbranched alkanes of at least 4 members (excludes halogenated alkanes) is 1. The van der Waals surface area contributed by atoms with Crippen LogP contribution >= 0.6 is 0 Å². The van der Waals surface area contributed by atoms with Crippen LogP contribution in [0.2, 0.25) is 12.1 Å². The van der Waals surface area contributed by atoms with Crippen LogP contribution in [0.4, 0.5) is 0 Å². The standard InChI is InChI=1S/C11H27NO2Si/c1-6-7-10-15(13-4,14-5)11-8-9-12(2)3/h6-11H2,1-5H3. The maximum absolute atomic E-state index is 5.67. The molecular formula is C11H27NO2Si. The van der Waals surface area contributed by atoms with E-state index in [0.29, 0.717) is 0 Å². The first kappa shape index (κ1) is 15.1. The quantitative estimate of drug-likeness (QED) is 0.571. The summed E-state index contributed by atoms with van der Waals surface area (Å²) in [7, 11) is 5.97. The van der Waals surface area contributed by atoms with Crippen molar-refractivity contribution < 1.29 is 8.85 Å². The second-order valence-electron chi connectivity index (χ2n) is 4.33. The summed E-state index contributed by atoms with van der Waals surface area (Å²) in [6.45, 7) is 3.33. The molecule has 15 heavy (non-hydrogen) atoms. The highest BCUT2D eigenvalue weighted by molar-refractivity contribution is 6.67. The smallest absolute Gasteiger partial charge is 0.337 e. The highest BCUT2D eigenvalue weighted by atomic mass is 28.4. The molecule has 0 aliphatic rings. The summed E-state index contributed by atoms with van der Waals surface area (Å²) in [4.78, 5) is 2.21. The molecule has 0 amide bonds. The third kappa shape index (κ3) is 6.30. The normalized spacial score (nSPS) is 12.4. The van der Waals surface area contributed by atoms with Crippen LogP contribution in [-0.4, -0.2) is 48.3 Å². The zero-order valence-electron chi connectivity index (χ0n) is 11.0. The number of hydrogen-bond donors (Lipinski definition) is 0. The Bertz CT molecular complexity index is 150. The molecular weight excluding hydrogens is 206 g/mol. The Hall–Kier alpha value is 0.0969. The van der Waals surface area contributed by atoms with Crippen LogP contribution < -0.4 is 0 Å². The molecule has 0 unspecified atom stereocenters. The van der Waals surface area contributed by atoms with Crippen molar-refractivity contribution >= 4 is 8.56 Å². The second kappa shape index (κ2) is 8.27. The van der Waals surface area contributed by atoms with Gasteiger partial charge in [-0.3, -0.25) is 0 Å². The Balaban J connectivity index is 3.99. The van der Waals surface area contributed by atoms with Gasteiger partial charge >= 0.3 is 8.56 Å². The lowest BCUT2D eigenvalue weighted by atomic mass is 10.4. The van der Waals surface area contributed by atoms with Crippen molar-refractivity contribution in [2.75, 3.05) is 34.9 Å². The fourth-order valence-electron chi connectivity index (χ4n) is 1.73. The molecule has 92 valence electrons. The van der Waals surface area contributed by atoms with E-state index in [2.05, 4.69) is 25.9 Å². The molecule has 3 nitrogen and oxygen atoms in total. The van der Waals surface area contributed by atoms with Gasteiger partial charge in [-0.2, -0.15) is 0 Å². The van der Waals surface area contributed by atoms with Gasteiger partial charge in [0.05, 0.1) is 0 Å². The van der Waals surface area contributed by atoms with E-state index in [1.165, 1.54) is 19.3 Å². The molecule has 0 radical (unpaired) electrons. The molecule has 0 aliphatic carbocycles. The summed E-state index contributed by atoms with van der Waals surface area (Å²) in [6.07, 6.45) is 3.61. The van der Waals surface area contributed by atoms with Crippen LogP contribution in [0, 0.1) is 0 Å². The van der Waals surface area contributed by atoms with Crippen molar-refractivity contribution in [2.45, 2.75) is 38.3 Å². The van der Waals surface area contributed by atoms with Gasteiger partial charge in [0.1, 0.15) is 0 Å². The summed E-state index contributed by atoms with van der Waals surface area (Å²) in [5, 5.41) is 0. The number of nitrogens with zero attached hydrogens (tertiary/aromatic N) is 1. The van der Waals surface area contributed by atoms with Crippen LogP contribution in [0.3, 0.4) is 0 Å². The molecule has 4 heteroatoms. The molecule has 0 aromatic carbocycles. The van der Waals surface area contributed by atoms with E-state index >= 15 is 0 Å². The minimum Gasteiger partial charge on any atom is -0.398 e. The fourth-order valence-corrected chi connectivity index (χ4v) is 4.55. The van der Waals surface area contributed by atoms with Crippen LogP contribution in [0.5, 0.6) is 0 Å². The van der Waals surface area contributed by atoms with Gasteiger partial charge in [-0.15, -0.1) is 0 Å². The molecule has 0 bridgehead atoms. The minimum absolute atomic E-state index is 1.11. The zero-order chi connectivity index (χ0) is 11.7. The molecule has 0 spiro atoms. The van der Waals surface area contributed by atoms with Gasteiger partial charge in [-0.25, -0.2) is 0 Å². The van der Waals surface area contributed by atoms with Crippen molar-refractivity contribution in [3.63, 3.8) is 0 Å². The Kier molecular flexibility index (Phi) is 8.33. The SMILES string of the molecule is CCCC[Si](CCCN(C)C)(OC)OC. The minimum atomic E-state index is -1.86. The highest BCUT2D eigenvalue weighted by Crippen LogP contribution is 2.22. The lowest BCUT2D eigenvalue weighted by molar-refractivity contribution is 0.237. The van der Waals surface area contributed by atoms with Gasteiger partial charge in [0.15, 0.2) is 0 Å². The lowest BCUT2D eigenvalue weighted by Gasteiger charge is -2.27. The molecule has 0 saturated heterocycles. The van der Waals surface area contributed by atoms with E-state index in [1.54, 1.807) is 14.2 Å². The van der Waals surface area contributed by atoms with Crippen LogP contribution in [0.1, 0.15) is 26.2 Å². The van der Waals surface area contributed by atoms with Crippen molar-refractivity contribution in [1.82, 2.24) is 4.90 Å². The van der Waals surface area contributed by atoms with Crippen LogP contribution in [-0.2, 0) is 8.85 Å². The summed E-state index contributed by atoms with van der Waals surface area (Å²) < 4.78 is 11.3. The average molecular weight is 233 g/mol. The van der Waals surface area contributed by atoms with Gasteiger partial charge in [0.25, 0.3) is 0 Å². The molecule has 0 aliphatic heterocycles. The maximum atomic E-state index is 5.67. The van der Waals surface area contributed by atoms with Crippen LogP contribution in [0.15, 0.2) is 0 Å².